The Balaban J connectivity index is 1.56. The molecular formula is C19H15N3O. The van der Waals surface area contributed by atoms with Gasteiger partial charge in [0.15, 0.2) is 5.84 Å². The molecule has 0 spiro atoms. The maximum absolute atomic E-state index is 5.14. The summed E-state index contributed by atoms with van der Waals surface area (Å²) in [6.45, 7) is 0. The summed E-state index contributed by atoms with van der Waals surface area (Å²) < 4.78 is 5.14. The van der Waals surface area contributed by atoms with Gasteiger partial charge in [-0.2, -0.15) is 5.10 Å². The lowest BCUT2D eigenvalue weighted by atomic mass is 10.0. The van der Waals surface area contributed by atoms with Crippen molar-refractivity contribution in [3.8, 4) is 5.75 Å². The number of rotatable bonds is 3. The number of aliphatic imine (C=N–C) groups is 1. The predicted molar refractivity (Wildman–Crippen MR) is 93.9 cm³/mol. The highest BCUT2D eigenvalue weighted by Gasteiger charge is 2.17. The van der Waals surface area contributed by atoms with E-state index in [9.17, 15) is 0 Å². The molecule has 1 N–H and O–H groups in total. The SMILES string of the molecule is COc1ccc(C=NNC2=Nc3cccc4cccc2c34)cc1. The quantitative estimate of drug-likeness (QED) is 0.590. The van der Waals surface area contributed by atoms with E-state index in [0.717, 1.165) is 28.4 Å². The van der Waals surface area contributed by atoms with Crippen LogP contribution in [-0.4, -0.2) is 19.2 Å². The predicted octanol–water partition coefficient (Wildman–Crippen LogP) is 3.86. The van der Waals surface area contributed by atoms with Crippen LogP contribution in [0.5, 0.6) is 5.75 Å². The lowest BCUT2D eigenvalue weighted by Gasteiger charge is -2.03. The van der Waals surface area contributed by atoms with E-state index in [1.165, 1.54) is 10.8 Å². The third-order valence-corrected chi connectivity index (χ3v) is 3.87. The summed E-state index contributed by atoms with van der Waals surface area (Å²) in [7, 11) is 1.65. The summed E-state index contributed by atoms with van der Waals surface area (Å²) >= 11 is 0. The van der Waals surface area contributed by atoms with Gasteiger partial charge in [-0.1, -0.05) is 30.3 Å². The van der Waals surface area contributed by atoms with Gasteiger partial charge in [0.2, 0.25) is 0 Å². The van der Waals surface area contributed by atoms with Gasteiger partial charge in [-0.05, 0) is 41.3 Å². The lowest BCUT2D eigenvalue weighted by molar-refractivity contribution is 0.415. The molecule has 0 saturated heterocycles. The summed E-state index contributed by atoms with van der Waals surface area (Å²) in [6.07, 6.45) is 1.77. The van der Waals surface area contributed by atoms with Gasteiger partial charge >= 0.3 is 0 Å². The van der Waals surface area contributed by atoms with Crippen LogP contribution in [0.4, 0.5) is 5.69 Å². The fourth-order valence-electron chi connectivity index (χ4n) is 2.74. The first-order valence-electron chi connectivity index (χ1n) is 7.39. The molecule has 3 aromatic rings. The van der Waals surface area contributed by atoms with Crippen LogP contribution in [0.25, 0.3) is 10.8 Å². The Morgan fingerprint density at radius 3 is 2.57 bits per heavy atom. The molecule has 0 fully saturated rings. The molecule has 0 radical (unpaired) electrons. The Bertz CT molecular complexity index is 922. The average molecular weight is 301 g/mol. The van der Waals surface area contributed by atoms with Gasteiger partial charge in [-0.3, -0.25) is 5.43 Å². The Labute approximate surface area is 134 Å². The number of hydrazone groups is 1. The van der Waals surface area contributed by atoms with Crippen molar-refractivity contribution in [1.29, 1.82) is 0 Å². The fourth-order valence-corrected chi connectivity index (χ4v) is 2.74. The molecule has 0 aliphatic carbocycles. The minimum absolute atomic E-state index is 0.779. The second-order valence-electron chi connectivity index (χ2n) is 5.28. The Kier molecular flexibility index (Phi) is 3.27. The molecule has 0 unspecified atom stereocenters. The summed E-state index contributed by atoms with van der Waals surface area (Å²) in [6, 6.07) is 20.1. The molecule has 1 heterocycles. The standard InChI is InChI=1S/C19H15N3O/c1-23-15-10-8-13(9-11-15)12-20-22-19-16-6-2-4-14-5-3-7-17(21-19)18(14)16/h2-12H,1H3,(H,21,22). The molecule has 112 valence electrons. The first kappa shape index (κ1) is 13.5. The van der Waals surface area contributed by atoms with Gasteiger partial charge in [-0.15, -0.1) is 0 Å². The van der Waals surface area contributed by atoms with Gasteiger partial charge in [0, 0.05) is 10.9 Å². The normalized spacial score (nSPS) is 12.7. The van der Waals surface area contributed by atoms with Gasteiger partial charge in [0.05, 0.1) is 19.0 Å². The molecule has 0 amide bonds. The molecule has 4 nitrogen and oxygen atoms in total. The molecule has 1 aliphatic rings. The Hall–Kier alpha value is -3.14. The number of nitrogens with zero attached hydrogens (tertiary/aromatic N) is 2. The molecule has 4 rings (SSSR count). The zero-order chi connectivity index (χ0) is 15.6. The van der Waals surface area contributed by atoms with E-state index in [-0.39, 0.29) is 0 Å². The van der Waals surface area contributed by atoms with Crippen molar-refractivity contribution in [3.05, 3.63) is 71.8 Å². The van der Waals surface area contributed by atoms with Crippen LogP contribution in [0.2, 0.25) is 0 Å². The van der Waals surface area contributed by atoms with Crippen LogP contribution < -0.4 is 10.2 Å². The van der Waals surface area contributed by atoms with Crippen LogP contribution in [0.15, 0.2) is 70.8 Å². The first-order chi connectivity index (χ1) is 11.3. The largest absolute Gasteiger partial charge is 0.497 e. The molecule has 0 aromatic heterocycles. The number of hydrogen-bond acceptors (Lipinski definition) is 4. The second kappa shape index (κ2) is 5.57. The maximum atomic E-state index is 5.14. The van der Waals surface area contributed by atoms with E-state index in [0.29, 0.717) is 0 Å². The third-order valence-electron chi connectivity index (χ3n) is 3.87. The summed E-state index contributed by atoms with van der Waals surface area (Å²) in [5, 5.41) is 6.67. The van der Waals surface area contributed by atoms with Gasteiger partial charge in [-0.25, -0.2) is 4.99 Å². The zero-order valence-electron chi connectivity index (χ0n) is 12.7. The minimum atomic E-state index is 0.779. The smallest absolute Gasteiger partial charge is 0.154 e. The van der Waals surface area contributed by atoms with Gasteiger partial charge in [0.1, 0.15) is 5.75 Å². The Morgan fingerprint density at radius 2 is 1.78 bits per heavy atom. The summed E-state index contributed by atoms with van der Waals surface area (Å²) in [5.74, 6) is 1.61. The van der Waals surface area contributed by atoms with Crippen LogP contribution in [-0.2, 0) is 0 Å². The van der Waals surface area contributed by atoms with Crippen molar-refractivity contribution in [2.75, 3.05) is 7.11 Å². The molecule has 0 saturated carbocycles. The number of hydrogen-bond donors (Lipinski definition) is 1. The van der Waals surface area contributed by atoms with E-state index in [4.69, 9.17) is 4.74 Å². The summed E-state index contributed by atoms with van der Waals surface area (Å²) in [4.78, 5) is 4.63. The number of methoxy groups -OCH3 is 1. The molecule has 1 aliphatic heterocycles. The van der Waals surface area contributed by atoms with Crippen LogP contribution in [0.1, 0.15) is 11.1 Å². The van der Waals surface area contributed by atoms with Gasteiger partial charge < -0.3 is 4.74 Å². The lowest BCUT2D eigenvalue weighted by Crippen LogP contribution is -2.17. The molecular weight excluding hydrogens is 286 g/mol. The highest BCUT2D eigenvalue weighted by Crippen LogP contribution is 2.34. The minimum Gasteiger partial charge on any atom is -0.497 e. The van der Waals surface area contributed by atoms with Crippen molar-refractivity contribution in [2.24, 2.45) is 10.1 Å². The van der Waals surface area contributed by atoms with Crippen LogP contribution in [0.3, 0.4) is 0 Å². The number of benzene rings is 3. The molecule has 3 aromatic carbocycles. The first-order valence-corrected chi connectivity index (χ1v) is 7.39. The van der Waals surface area contributed by atoms with E-state index < -0.39 is 0 Å². The summed E-state index contributed by atoms with van der Waals surface area (Å²) in [5.41, 5.74) is 6.12. The fraction of sp³-hybridized carbons (Fsp3) is 0.0526. The molecule has 0 bridgehead atoms. The maximum Gasteiger partial charge on any atom is 0.154 e. The van der Waals surface area contributed by atoms with E-state index in [1.807, 2.05) is 42.5 Å². The molecule has 0 atom stereocenters. The van der Waals surface area contributed by atoms with E-state index in [1.54, 1.807) is 13.3 Å². The van der Waals surface area contributed by atoms with Crippen molar-refractivity contribution >= 4 is 28.5 Å². The third kappa shape index (κ3) is 2.44. The highest BCUT2D eigenvalue weighted by atomic mass is 16.5. The topological polar surface area (TPSA) is 46.0 Å². The second-order valence-corrected chi connectivity index (χ2v) is 5.28. The van der Waals surface area contributed by atoms with Crippen LogP contribution in [0, 0.1) is 0 Å². The molecule has 23 heavy (non-hydrogen) atoms. The number of ether oxygens (including phenoxy) is 1. The average Bonchev–Trinajstić information content (AvgIpc) is 2.96. The number of nitrogens with one attached hydrogen (secondary N) is 1. The van der Waals surface area contributed by atoms with Crippen LogP contribution >= 0.6 is 0 Å². The van der Waals surface area contributed by atoms with Crippen molar-refractivity contribution in [1.82, 2.24) is 5.43 Å². The monoisotopic (exact) mass is 301 g/mol. The van der Waals surface area contributed by atoms with E-state index >= 15 is 0 Å². The van der Waals surface area contributed by atoms with Crippen molar-refractivity contribution < 1.29 is 4.74 Å². The number of amidine groups is 1. The zero-order valence-corrected chi connectivity index (χ0v) is 12.7. The van der Waals surface area contributed by atoms with Gasteiger partial charge in [0.25, 0.3) is 0 Å². The van der Waals surface area contributed by atoms with E-state index in [2.05, 4.69) is 33.7 Å². The highest BCUT2D eigenvalue weighted by molar-refractivity contribution is 6.18. The Morgan fingerprint density at radius 1 is 1.00 bits per heavy atom. The molecule has 4 heteroatoms. The van der Waals surface area contributed by atoms with Crippen molar-refractivity contribution in [2.45, 2.75) is 0 Å². The van der Waals surface area contributed by atoms with Crippen molar-refractivity contribution in [3.63, 3.8) is 0 Å².